The van der Waals surface area contributed by atoms with Crippen LogP contribution in [-0.4, -0.2) is 188 Å². The van der Waals surface area contributed by atoms with Crippen molar-refractivity contribution in [1.29, 1.82) is 0 Å². The Labute approximate surface area is 414 Å². The number of allylic oxidation sites excluding steroid dienone is 2. The third-order valence-electron chi connectivity index (χ3n) is 17.9. The second-order valence-electron chi connectivity index (χ2n) is 21.6. The molecule has 4 aliphatic heterocycles. The zero-order valence-electron chi connectivity index (χ0n) is 39.3. The standard InChI is InChI=1S/C45H74O20S.Na/c1-19(18-59-41-35(52)34(51)32(49)28(16-46)62-41)8-13-45(55)20(2)30-27(64-45)15-26-24-7-6-23-14-22(9-11-43(23,4)25(24)10-12-44(26,30)5)38-40(63-42-36(53)33(50)31(48)21(3)60-42)37(54)39(29(17-47)61-38)65-66(56,57)58;/h6,19-22,24-42,46-55H,7-18H2,1-5H3,(H,56,57,58);/q;+1/p-1/t19-,20-,21-,22-,24+,25-,26-,27?,28+,29+,30-,31-,32+,33+,34-,35+,36+,37-,38-,39+,40+,41+,42-,43-,44-,45+;/m0./s1. The number of ether oxygens (including phenoxy) is 6. The van der Waals surface area contributed by atoms with Crippen LogP contribution < -0.4 is 29.6 Å². The van der Waals surface area contributed by atoms with Crippen molar-refractivity contribution in [1.82, 2.24) is 0 Å². The van der Waals surface area contributed by atoms with Crippen molar-refractivity contribution in [2.75, 3.05) is 19.8 Å². The summed E-state index contributed by atoms with van der Waals surface area (Å²) in [6.07, 6.45) is -13.2. The number of aliphatic hydroxyl groups excluding tert-OH is 9. The molecule has 0 aromatic rings. The minimum absolute atomic E-state index is 0. The molecule has 380 valence electrons. The van der Waals surface area contributed by atoms with E-state index in [1.807, 2.05) is 6.92 Å². The van der Waals surface area contributed by atoms with E-state index in [9.17, 15) is 64.0 Å². The first-order valence-corrected chi connectivity index (χ1v) is 25.2. The van der Waals surface area contributed by atoms with Gasteiger partial charge in [0, 0.05) is 12.3 Å². The van der Waals surface area contributed by atoms with Gasteiger partial charge in [0.2, 0.25) is 10.4 Å². The average molecular weight is 989 g/mol. The Hall–Kier alpha value is -0.0300. The van der Waals surface area contributed by atoms with Crippen molar-refractivity contribution in [2.45, 2.75) is 196 Å². The van der Waals surface area contributed by atoms with Crippen LogP contribution in [-0.2, 0) is 43.0 Å². The topological polar surface area (TPSA) is 324 Å². The molecule has 22 heteroatoms. The molecule has 7 fully saturated rings. The normalized spacial score (nSPS) is 52.5. The van der Waals surface area contributed by atoms with Gasteiger partial charge < -0.3 is 84.0 Å². The number of hydrogen-bond acceptors (Lipinski definition) is 20. The van der Waals surface area contributed by atoms with Gasteiger partial charge in [-0.1, -0.05) is 39.3 Å². The third kappa shape index (κ3) is 10.0. The van der Waals surface area contributed by atoms with E-state index in [2.05, 4.69) is 31.0 Å². The van der Waals surface area contributed by atoms with E-state index in [0.29, 0.717) is 43.4 Å². The quantitative estimate of drug-likeness (QED) is 0.0363. The van der Waals surface area contributed by atoms with Gasteiger partial charge in [-0.05, 0) is 105 Å². The molecule has 20 nitrogen and oxygen atoms in total. The average Bonchev–Trinajstić information content (AvgIpc) is 3.71. The summed E-state index contributed by atoms with van der Waals surface area (Å²) in [5.74, 6) is -0.700. The first kappa shape index (κ1) is 54.7. The van der Waals surface area contributed by atoms with Gasteiger partial charge in [-0.3, -0.25) is 4.18 Å². The van der Waals surface area contributed by atoms with E-state index in [4.69, 9.17) is 28.4 Å². The maximum absolute atomic E-state index is 12.1. The largest absolute Gasteiger partial charge is 1.00 e. The van der Waals surface area contributed by atoms with E-state index in [1.165, 1.54) is 12.5 Å². The SMILES string of the molecule is C[C@@H](CC[C@@]1(O)OC2C[C@H]3[C@@H]4CC=C5C[C@@H]([C@@H]6O[C@H](CO)[C@@H](OS(=O)(=O)[O-])[C@H](O)[C@H]6O[C@@H]6O[C@@H](C)[C@H](O)[C@@H](O)[C@H]6O)CC[C@]5(C)[C@H]4CC[C@]3(C)[C@H]2[C@@H]1C)CO[C@@H]1O[C@H](CO)[C@@H](O)[C@H](O)[C@H]1O.[Na+]. The molecule has 0 aromatic heterocycles. The van der Waals surface area contributed by atoms with Crippen LogP contribution in [0.4, 0.5) is 0 Å². The molecular formula is C45H73NaO20S. The zero-order valence-corrected chi connectivity index (χ0v) is 42.1. The van der Waals surface area contributed by atoms with Gasteiger partial charge in [-0.25, -0.2) is 8.42 Å². The summed E-state index contributed by atoms with van der Waals surface area (Å²) in [6, 6.07) is 0. The molecule has 0 amide bonds. The van der Waals surface area contributed by atoms with E-state index in [1.54, 1.807) is 0 Å². The summed E-state index contributed by atoms with van der Waals surface area (Å²) in [5, 5.41) is 106. The Bertz CT molecular complexity index is 1850. The van der Waals surface area contributed by atoms with Crippen LogP contribution in [0.2, 0.25) is 0 Å². The Kier molecular flexibility index (Phi) is 16.9. The maximum Gasteiger partial charge on any atom is 1.00 e. The van der Waals surface area contributed by atoms with Crippen LogP contribution in [0.15, 0.2) is 11.6 Å². The summed E-state index contributed by atoms with van der Waals surface area (Å²) >= 11 is 0. The smallest absolute Gasteiger partial charge is 0.726 e. The van der Waals surface area contributed by atoms with E-state index in [-0.39, 0.29) is 76.8 Å². The molecule has 26 atom stereocenters. The molecule has 8 aliphatic rings. The van der Waals surface area contributed by atoms with E-state index >= 15 is 0 Å². The Morgan fingerprint density at radius 2 is 1.51 bits per heavy atom. The predicted molar refractivity (Wildman–Crippen MR) is 225 cm³/mol. The van der Waals surface area contributed by atoms with Crippen molar-refractivity contribution in [3.63, 3.8) is 0 Å². The van der Waals surface area contributed by atoms with Gasteiger partial charge in [0.25, 0.3) is 0 Å². The monoisotopic (exact) mass is 988 g/mol. The maximum atomic E-state index is 12.1. The summed E-state index contributed by atoms with van der Waals surface area (Å²) in [6.45, 7) is 8.99. The van der Waals surface area contributed by atoms with Crippen LogP contribution in [0.5, 0.6) is 0 Å². The molecule has 0 spiro atoms. The fourth-order valence-electron chi connectivity index (χ4n) is 14.1. The number of rotatable bonds is 13. The molecule has 0 radical (unpaired) electrons. The van der Waals surface area contributed by atoms with Crippen molar-refractivity contribution in [2.24, 2.45) is 52.3 Å². The summed E-state index contributed by atoms with van der Waals surface area (Å²) in [5.41, 5.74) is 0.968. The van der Waals surface area contributed by atoms with Crippen LogP contribution >= 0.6 is 0 Å². The fraction of sp³-hybridized carbons (Fsp3) is 0.956. The number of aliphatic hydroxyl groups is 10. The molecule has 4 saturated heterocycles. The van der Waals surface area contributed by atoms with E-state index < -0.39 is 121 Å². The molecule has 67 heavy (non-hydrogen) atoms. The van der Waals surface area contributed by atoms with E-state index in [0.717, 1.165) is 32.1 Å². The molecule has 1 unspecified atom stereocenters. The Morgan fingerprint density at radius 3 is 2.18 bits per heavy atom. The van der Waals surface area contributed by atoms with Crippen molar-refractivity contribution in [3.8, 4) is 0 Å². The minimum Gasteiger partial charge on any atom is -0.726 e. The first-order valence-electron chi connectivity index (χ1n) is 23.9. The third-order valence-corrected chi connectivity index (χ3v) is 18.3. The summed E-state index contributed by atoms with van der Waals surface area (Å²) in [7, 11) is -5.38. The molecular weight excluding hydrogens is 916 g/mol. The van der Waals surface area contributed by atoms with Crippen molar-refractivity contribution < 1.29 is 126 Å². The van der Waals surface area contributed by atoms with Gasteiger partial charge in [-0.15, -0.1) is 0 Å². The molecule has 4 heterocycles. The fourth-order valence-corrected chi connectivity index (χ4v) is 14.6. The molecule has 8 rings (SSSR count). The van der Waals surface area contributed by atoms with Gasteiger partial charge in [0.1, 0.15) is 67.1 Å². The van der Waals surface area contributed by atoms with Crippen molar-refractivity contribution >= 4 is 10.4 Å². The summed E-state index contributed by atoms with van der Waals surface area (Å²) in [4.78, 5) is 0. The van der Waals surface area contributed by atoms with Crippen LogP contribution in [0.1, 0.15) is 92.4 Å². The van der Waals surface area contributed by atoms with Crippen LogP contribution in [0.3, 0.4) is 0 Å². The van der Waals surface area contributed by atoms with Gasteiger partial charge in [0.05, 0.1) is 38.1 Å². The Morgan fingerprint density at radius 1 is 0.836 bits per heavy atom. The minimum atomic E-state index is -5.38. The second-order valence-corrected chi connectivity index (χ2v) is 22.6. The molecule has 0 aromatic carbocycles. The molecule has 0 bridgehead atoms. The Balaban J connectivity index is 0.00000666. The number of hydrogen-bond donors (Lipinski definition) is 10. The molecule has 4 aliphatic carbocycles. The molecule has 3 saturated carbocycles. The summed E-state index contributed by atoms with van der Waals surface area (Å²) < 4.78 is 76.0. The van der Waals surface area contributed by atoms with Gasteiger partial charge in [0.15, 0.2) is 18.4 Å². The zero-order chi connectivity index (χ0) is 48.0. The molecule has 10 N–H and O–H groups in total. The predicted octanol–water partition coefficient (Wildman–Crippen LogP) is -4.07. The second kappa shape index (κ2) is 20.7. The van der Waals surface area contributed by atoms with Crippen molar-refractivity contribution in [3.05, 3.63) is 11.6 Å². The van der Waals surface area contributed by atoms with Crippen LogP contribution in [0.25, 0.3) is 0 Å². The van der Waals surface area contributed by atoms with Gasteiger partial charge in [-0.2, -0.15) is 0 Å². The van der Waals surface area contributed by atoms with Crippen LogP contribution in [0, 0.1) is 52.3 Å². The number of fused-ring (bicyclic) bond motifs is 7. The first-order chi connectivity index (χ1) is 31.0. The van der Waals surface area contributed by atoms with Gasteiger partial charge >= 0.3 is 29.6 Å².